The monoisotopic (exact) mass is 373 g/mol. The average Bonchev–Trinajstić information content (AvgIpc) is 3.32. The molecule has 6 heteroatoms. The van der Waals surface area contributed by atoms with E-state index < -0.39 is 0 Å². The maximum absolute atomic E-state index is 12.8. The Bertz CT molecular complexity index is 735. The fourth-order valence-corrected chi connectivity index (χ4v) is 5.97. The number of hydrogen-bond donors (Lipinski definition) is 1. The first-order valence-corrected chi connectivity index (χ1v) is 10.1. The van der Waals surface area contributed by atoms with Crippen molar-refractivity contribution >= 4 is 11.8 Å². The molecule has 4 rings (SSSR count). The van der Waals surface area contributed by atoms with Crippen molar-refractivity contribution in [2.24, 2.45) is 16.7 Å². The summed E-state index contributed by atoms with van der Waals surface area (Å²) in [5.74, 6) is 2.48. The summed E-state index contributed by atoms with van der Waals surface area (Å²) in [4.78, 5) is 29.2. The van der Waals surface area contributed by atoms with Crippen molar-refractivity contribution in [2.45, 2.75) is 46.1 Å². The van der Waals surface area contributed by atoms with Gasteiger partial charge in [-0.1, -0.05) is 0 Å². The molecule has 2 saturated heterocycles. The predicted octanol–water partition coefficient (Wildman–Crippen LogP) is 2.17. The van der Waals surface area contributed by atoms with E-state index in [9.17, 15) is 9.59 Å². The van der Waals surface area contributed by atoms with E-state index in [-0.39, 0.29) is 28.6 Å². The maximum Gasteiger partial charge on any atom is 0.228 e. The van der Waals surface area contributed by atoms with Crippen molar-refractivity contribution in [1.82, 2.24) is 15.1 Å². The van der Waals surface area contributed by atoms with Gasteiger partial charge in [0.25, 0.3) is 0 Å². The van der Waals surface area contributed by atoms with Gasteiger partial charge in [-0.3, -0.25) is 14.5 Å². The number of furan rings is 1. The molecule has 2 atom stereocenters. The van der Waals surface area contributed by atoms with Crippen LogP contribution in [0.5, 0.6) is 0 Å². The van der Waals surface area contributed by atoms with Gasteiger partial charge in [-0.25, -0.2) is 0 Å². The second kappa shape index (κ2) is 6.66. The van der Waals surface area contributed by atoms with Gasteiger partial charge in [-0.15, -0.1) is 0 Å². The summed E-state index contributed by atoms with van der Waals surface area (Å²) < 4.78 is 5.74. The van der Waals surface area contributed by atoms with Crippen LogP contribution in [-0.2, 0) is 16.1 Å². The summed E-state index contributed by atoms with van der Waals surface area (Å²) in [6, 6.07) is 4.08. The molecular weight excluding hydrogens is 342 g/mol. The summed E-state index contributed by atoms with van der Waals surface area (Å²) in [6.45, 7) is 7.84. The molecule has 1 aliphatic carbocycles. The Morgan fingerprint density at radius 3 is 2.56 bits per heavy atom. The number of hydrogen-bond acceptors (Lipinski definition) is 4. The first-order chi connectivity index (χ1) is 12.9. The molecule has 1 N–H and O–H groups in total. The number of piperidine rings is 1. The van der Waals surface area contributed by atoms with E-state index in [0.717, 1.165) is 63.4 Å². The highest BCUT2D eigenvalue weighted by atomic mass is 16.3. The number of carbonyl (C=O) groups excluding carboxylic acids is 2. The molecule has 2 amide bonds. The lowest BCUT2D eigenvalue weighted by atomic mass is 9.65. The van der Waals surface area contributed by atoms with Gasteiger partial charge in [0.15, 0.2) is 0 Å². The van der Waals surface area contributed by atoms with E-state index in [1.54, 1.807) is 14.0 Å². The molecule has 6 nitrogen and oxygen atoms in total. The van der Waals surface area contributed by atoms with Crippen LogP contribution in [0.2, 0.25) is 0 Å². The first kappa shape index (κ1) is 18.5. The Hall–Kier alpha value is -1.82. The van der Waals surface area contributed by atoms with Gasteiger partial charge in [0.1, 0.15) is 11.5 Å². The summed E-state index contributed by atoms with van der Waals surface area (Å²) in [6.07, 6.45) is 4.20. The van der Waals surface area contributed by atoms with Crippen LogP contribution in [0.4, 0.5) is 0 Å². The highest BCUT2D eigenvalue weighted by Crippen LogP contribution is 2.62. The largest absolute Gasteiger partial charge is 0.465 e. The second-order valence-electron chi connectivity index (χ2n) is 8.84. The quantitative estimate of drug-likeness (QED) is 0.882. The minimum atomic E-state index is -0.388. The Labute approximate surface area is 161 Å². The van der Waals surface area contributed by atoms with Crippen LogP contribution < -0.4 is 5.32 Å². The predicted molar refractivity (Wildman–Crippen MR) is 102 cm³/mol. The molecule has 3 heterocycles. The van der Waals surface area contributed by atoms with Gasteiger partial charge < -0.3 is 14.6 Å². The van der Waals surface area contributed by atoms with Crippen molar-refractivity contribution < 1.29 is 14.0 Å². The smallest absolute Gasteiger partial charge is 0.228 e. The van der Waals surface area contributed by atoms with Crippen LogP contribution in [0.3, 0.4) is 0 Å². The molecule has 3 fully saturated rings. The number of nitrogens with zero attached hydrogens (tertiary/aromatic N) is 2. The lowest BCUT2D eigenvalue weighted by molar-refractivity contribution is -0.133. The molecule has 1 aromatic rings. The van der Waals surface area contributed by atoms with E-state index in [1.807, 2.05) is 17.9 Å². The molecule has 0 unspecified atom stereocenters. The van der Waals surface area contributed by atoms with Gasteiger partial charge in [0.05, 0.1) is 12.0 Å². The van der Waals surface area contributed by atoms with Crippen molar-refractivity contribution in [3.8, 4) is 0 Å². The number of nitrogens with one attached hydrogen (secondary N) is 1. The van der Waals surface area contributed by atoms with E-state index in [2.05, 4.69) is 16.3 Å². The zero-order valence-electron chi connectivity index (χ0n) is 16.7. The van der Waals surface area contributed by atoms with E-state index in [0.29, 0.717) is 6.54 Å². The molecule has 27 heavy (non-hydrogen) atoms. The lowest BCUT2D eigenvalue weighted by Crippen LogP contribution is -2.48. The van der Waals surface area contributed by atoms with Gasteiger partial charge in [0.2, 0.25) is 11.8 Å². The highest BCUT2D eigenvalue weighted by molar-refractivity contribution is 5.85. The summed E-state index contributed by atoms with van der Waals surface area (Å²) in [7, 11) is 1.73. The van der Waals surface area contributed by atoms with Gasteiger partial charge >= 0.3 is 0 Å². The minimum Gasteiger partial charge on any atom is -0.465 e. The van der Waals surface area contributed by atoms with E-state index in [4.69, 9.17) is 4.42 Å². The Kier molecular flexibility index (Phi) is 4.57. The zero-order chi connectivity index (χ0) is 19.2. The normalized spacial score (nSPS) is 29.9. The lowest BCUT2D eigenvalue weighted by Gasteiger charge is -2.44. The third-order valence-electron chi connectivity index (χ3n) is 7.50. The summed E-state index contributed by atoms with van der Waals surface area (Å²) in [5.41, 5.74) is -0.201. The van der Waals surface area contributed by atoms with Gasteiger partial charge in [-0.05, 0) is 69.2 Å². The van der Waals surface area contributed by atoms with Crippen LogP contribution in [0, 0.1) is 23.7 Å². The number of rotatable bonds is 3. The average molecular weight is 373 g/mol. The van der Waals surface area contributed by atoms with Crippen LogP contribution in [0.15, 0.2) is 16.5 Å². The molecule has 2 aliphatic heterocycles. The summed E-state index contributed by atoms with van der Waals surface area (Å²) >= 11 is 0. The molecule has 3 aliphatic rings. The Morgan fingerprint density at radius 1 is 1.22 bits per heavy atom. The number of fused-ring (bicyclic) bond motifs is 2. The molecule has 148 valence electrons. The minimum absolute atomic E-state index is 0.0912. The standard InChI is InChI=1S/C21H31N3O3/c1-15-4-5-17(27-15)12-23-10-8-20(9-11-23)6-7-21(19(26)22-3)14-24(16(2)25)13-18(20)21/h4-5,18H,6-14H2,1-3H3,(H,22,26)/t18-,21+/m1/s1. The van der Waals surface area contributed by atoms with Crippen LogP contribution in [0.1, 0.15) is 44.1 Å². The first-order valence-electron chi connectivity index (χ1n) is 10.1. The number of likely N-dealkylation sites (tertiary alicyclic amines) is 2. The van der Waals surface area contributed by atoms with Crippen molar-refractivity contribution in [1.29, 1.82) is 0 Å². The summed E-state index contributed by atoms with van der Waals surface area (Å²) in [5, 5.41) is 2.89. The molecule has 0 bridgehead atoms. The molecule has 1 aromatic heterocycles. The van der Waals surface area contributed by atoms with Gasteiger partial charge in [0, 0.05) is 27.1 Å². The molecular formula is C21H31N3O3. The molecule has 0 radical (unpaired) electrons. The van der Waals surface area contributed by atoms with Crippen molar-refractivity contribution in [2.75, 3.05) is 33.2 Å². The van der Waals surface area contributed by atoms with E-state index >= 15 is 0 Å². The fraction of sp³-hybridized carbons (Fsp3) is 0.714. The topological polar surface area (TPSA) is 65.8 Å². The third-order valence-corrected chi connectivity index (χ3v) is 7.50. The SMILES string of the molecule is CNC(=O)[C@]12CCC3(CCN(Cc4ccc(C)o4)CC3)[C@H]1CN(C(C)=O)C2. The number of carbonyl (C=O) groups is 2. The van der Waals surface area contributed by atoms with Crippen LogP contribution in [0.25, 0.3) is 0 Å². The Balaban J connectivity index is 1.49. The maximum atomic E-state index is 12.8. The molecule has 0 aromatic carbocycles. The fourth-order valence-electron chi connectivity index (χ4n) is 5.97. The van der Waals surface area contributed by atoms with E-state index in [1.165, 1.54) is 0 Å². The third kappa shape index (κ3) is 2.98. The number of aryl methyl sites for hydroxylation is 1. The Morgan fingerprint density at radius 2 is 1.96 bits per heavy atom. The second-order valence-corrected chi connectivity index (χ2v) is 8.84. The molecule has 1 saturated carbocycles. The van der Waals surface area contributed by atoms with Crippen molar-refractivity contribution in [3.05, 3.63) is 23.7 Å². The highest BCUT2D eigenvalue weighted by Gasteiger charge is 2.64. The van der Waals surface area contributed by atoms with Crippen molar-refractivity contribution in [3.63, 3.8) is 0 Å². The van der Waals surface area contributed by atoms with Crippen LogP contribution >= 0.6 is 0 Å². The number of amides is 2. The van der Waals surface area contributed by atoms with Crippen LogP contribution in [-0.4, -0.2) is 54.8 Å². The van der Waals surface area contributed by atoms with Gasteiger partial charge in [-0.2, -0.15) is 0 Å². The molecule has 1 spiro atoms. The zero-order valence-corrected chi connectivity index (χ0v) is 16.7.